The molecule has 17 heavy (non-hydrogen) atoms. The fraction of sp³-hybridized carbons (Fsp3) is 0.500. The van der Waals surface area contributed by atoms with E-state index in [1.807, 2.05) is 32.4 Å². The topological polar surface area (TPSA) is 60.1 Å². The Morgan fingerprint density at radius 2 is 2.12 bits per heavy atom. The van der Waals surface area contributed by atoms with E-state index in [0.29, 0.717) is 18.0 Å². The predicted octanol–water partition coefficient (Wildman–Crippen LogP) is 2.02. The average molecular weight is 235 g/mol. The molecule has 0 radical (unpaired) electrons. The molecule has 0 unspecified atom stereocenters. The van der Waals surface area contributed by atoms with Crippen molar-refractivity contribution in [1.29, 1.82) is 0 Å². The molecular formula is C12H17N3O2. The SMILES string of the molecule is CCNC(=O)c1oc2nn(CC)c(C)c2c1C. The Kier molecular flexibility index (Phi) is 2.92. The van der Waals surface area contributed by atoms with Gasteiger partial charge in [0.05, 0.1) is 5.39 Å². The lowest BCUT2D eigenvalue weighted by Crippen LogP contribution is -2.22. The smallest absolute Gasteiger partial charge is 0.287 e. The lowest BCUT2D eigenvalue weighted by atomic mass is 10.1. The van der Waals surface area contributed by atoms with Crippen molar-refractivity contribution in [2.75, 3.05) is 6.54 Å². The monoisotopic (exact) mass is 235 g/mol. The molecule has 0 saturated heterocycles. The van der Waals surface area contributed by atoms with E-state index in [-0.39, 0.29) is 5.91 Å². The minimum absolute atomic E-state index is 0.176. The molecule has 1 amide bonds. The van der Waals surface area contributed by atoms with E-state index in [2.05, 4.69) is 10.4 Å². The molecule has 0 aliphatic heterocycles. The van der Waals surface area contributed by atoms with Gasteiger partial charge in [-0.25, -0.2) is 0 Å². The number of amides is 1. The zero-order valence-electron chi connectivity index (χ0n) is 10.6. The summed E-state index contributed by atoms with van der Waals surface area (Å²) in [6.07, 6.45) is 0. The van der Waals surface area contributed by atoms with Crippen LogP contribution in [-0.2, 0) is 6.54 Å². The van der Waals surface area contributed by atoms with E-state index >= 15 is 0 Å². The predicted molar refractivity (Wildman–Crippen MR) is 65.2 cm³/mol. The first kappa shape index (κ1) is 11.7. The summed E-state index contributed by atoms with van der Waals surface area (Å²) in [5.41, 5.74) is 2.45. The number of furan rings is 1. The van der Waals surface area contributed by atoms with Gasteiger partial charge in [-0.3, -0.25) is 9.48 Å². The zero-order valence-corrected chi connectivity index (χ0v) is 10.6. The molecule has 5 nitrogen and oxygen atoms in total. The molecule has 2 heterocycles. The van der Waals surface area contributed by atoms with Gasteiger partial charge >= 0.3 is 0 Å². The highest BCUT2D eigenvalue weighted by atomic mass is 16.4. The van der Waals surface area contributed by atoms with Crippen LogP contribution in [0.3, 0.4) is 0 Å². The van der Waals surface area contributed by atoms with Crippen LogP contribution in [0.15, 0.2) is 4.42 Å². The summed E-state index contributed by atoms with van der Waals surface area (Å²) < 4.78 is 7.41. The van der Waals surface area contributed by atoms with Gasteiger partial charge in [-0.1, -0.05) is 0 Å². The van der Waals surface area contributed by atoms with Crippen LogP contribution in [0.25, 0.3) is 11.1 Å². The lowest BCUT2D eigenvalue weighted by molar-refractivity contribution is 0.0929. The second-order valence-corrected chi connectivity index (χ2v) is 4.00. The van der Waals surface area contributed by atoms with Crippen LogP contribution in [-0.4, -0.2) is 22.2 Å². The molecule has 0 aromatic carbocycles. The second kappa shape index (κ2) is 4.24. The second-order valence-electron chi connectivity index (χ2n) is 4.00. The Bertz CT molecular complexity index is 566. The zero-order chi connectivity index (χ0) is 12.6. The number of aromatic nitrogens is 2. The van der Waals surface area contributed by atoms with Crippen LogP contribution in [0.4, 0.5) is 0 Å². The molecule has 1 N–H and O–H groups in total. The van der Waals surface area contributed by atoms with E-state index in [1.165, 1.54) is 0 Å². The number of hydrogen-bond acceptors (Lipinski definition) is 3. The molecule has 2 rings (SSSR count). The first-order valence-electron chi connectivity index (χ1n) is 5.84. The number of carbonyl (C=O) groups excluding carboxylic acids is 1. The van der Waals surface area contributed by atoms with E-state index in [4.69, 9.17) is 4.42 Å². The maximum absolute atomic E-state index is 11.8. The van der Waals surface area contributed by atoms with Crippen LogP contribution < -0.4 is 5.32 Å². The lowest BCUT2D eigenvalue weighted by Gasteiger charge is -2.01. The summed E-state index contributed by atoms with van der Waals surface area (Å²) in [5, 5.41) is 8.01. The summed E-state index contributed by atoms with van der Waals surface area (Å²) in [6, 6.07) is 0. The number of aryl methyl sites for hydroxylation is 3. The fourth-order valence-corrected chi connectivity index (χ4v) is 2.07. The van der Waals surface area contributed by atoms with E-state index in [0.717, 1.165) is 23.2 Å². The molecule has 5 heteroatoms. The third-order valence-corrected chi connectivity index (χ3v) is 2.93. The van der Waals surface area contributed by atoms with Gasteiger partial charge in [0, 0.05) is 24.3 Å². The molecule has 0 aliphatic rings. The quantitative estimate of drug-likeness (QED) is 0.885. The van der Waals surface area contributed by atoms with Crippen molar-refractivity contribution >= 4 is 17.0 Å². The van der Waals surface area contributed by atoms with Crippen LogP contribution >= 0.6 is 0 Å². The van der Waals surface area contributed by atoms with Crippen molar-refractivity contribution < 1.29 is 9.21 Å². The Hall–Kier alpha value is -1.78. The third-order valence-electron chi connectivity index (χ3n) is 2.93. The van der Waals surface area contributed by atoms with Crippen LogP contribution in [0.5, 0.6) is 0 Å². The van der Waals surface area contributed by atoms with Gasteiger partial charge in [0.1, 0.15) is 0 Å². The number of nitrogens with zero attached hydrogens (tertiary/aromatic N) is 2. The Balaban J connectivity index is 2.55. The first-order chi connectivity index (χ1) is 8.10. The summed E-state index contributed by atoms with van der Waals surface area (Å²) >= 11 is 0. The molecule has 2 aromatic rings. The van der Waals surface area contributed by atoms with E-state index < -0.39 is 0 Å². The Labute approximate surface area is 99.8 Å². The van der Waals surface area contributed by atoms with Gasteiger partial charge in [0.2, 0.25) is 5.71 Å². The van der Waals surface area contributed by atoms with Crippen molar-refractivity contribution in [2.45, 2.75) is 34.2 Å². The summed E-state index contributed by atoms with van der Waals surface area (Å²) in [7, 11) is 0. The maximum atomic E-state index is 11.8. The minimum Gasteiger partial charge on any atom is -0.431 e. The van der Waals surface area contributed by atoms with Gasteiger partial charge in [0.25, 0.3) is 5.91 Å². The van der Waals surface area contributed by atoms with Crippen molar-refractivity contribution in [3.05, 3.63) is 17.0 Å². The van der Waals surface area contributed by atoms with Crippen molar-refractivity contribution in [3.63, 3.8) is 0 Å². The number of nitrogens with one attached hydrogen (secondary N) is 1. The highest BCUT2D eigenvalue weighted by molar-refractivity contribution is 5.98. The van der Waals surface area contributed by atoms with Gasteiger partial charge in [-0.2, -0.15) is 0 Å². The average Bonchev–Trinajstić information content (AvgIpc) is 2.78. The van der Waals surface area contributed by atoms with Gasteiger partial charge in [0.15, 0.2) is 5.76 Å². The molecule has 0 atom stereocenters. The maximum Gasteiger partial charge on any atom is 0.287 e. The highest BCUT2D eigenvalue weighted by Gasteiger charge is 2.21. The molecule has 92 valence electrons. The van der Waals surface area contributed by atoms with Gasteiger partial charge in [-0.05, 0) is 27.7 Å². The van der Waals surface area contributed by atoms with E-state index in [1.54, 1.807) is 0 Å². The molecule has 0 bridgehead atoms. The van der Waals surface area contributed by atoms with Crippen LogP contribution in [0.2, 0.25) is 0 Å². The molecule has 0 aliphatic carbocycles. The normalized spacial score (nSPS) is 11.1. The summed E-state index contributed by atoms with van der Waals surface area (Å²) in [6.45, 7) is 9.17. The number of carbonyl (C=O) groups is 1. The van der Waals surface area contributed by atoms with Crippen molar-refractivity contribution in [2.24, 2.45) is 0 Å². The number of rotatable bonds is 3. The van der Waals surface area contributed by atoms with Gasteiger partial charge in [-0.15, -0.1) is 5.10 Å². The van der Waals surface area contributed by atoms with Crippen LogP contribution in [0, 0.1) is 13.8 Å². The molecular weight excluding hydrogens is 218 g/mol. The fourth-order valence-electron chi connectivity index (χ4n) is 2.07. The molecule has 2 aromatic heterocycles. The number of hydrogen-bond donors (Lipinski definition) is 1. The third kappa shape index (κ3) is 1.71. The first-order valence-corrected chi connectivity index (χ1v) is 5.84. The van der Waals surface area contributed by atoms with E-state index in [9.17, 15) is 4.79 Å². The number of fused-ring (bicyclic) bond motifs is 1. The van der Waals surface area contributed by atoms with Crippen molar-refractivity contribution in [1.82, 2.24) is 15.1 Å². The van der Waals surface area contributed by atoms with Crippen molar-refractivity contribution in [3.8, 4) is 0 Å². The summed E-state index contributed by atoms with van der Waals surface area (Å²) in [4.78, 5) is 11.8. The van der Waals surface area contributed by atoms with Crippen LogP contribution in [0.1, 0.15) is 35.7 Å². The molecule has 0 saturated carbocycles. The standard InChI is InChI=1S/C12H17N3O2/c1-5-13-11(16)10-7(3)9-8(4)15(6-2)14-12(9)17-10/h5-6H2,1-4H3,(H,13,16). The molecule has 0 fully saturated rings. The summed E-state index contributed by atoms with van der Waals surface area (Å²) in [5.74, 6) is 0.196. The Morgan fingerprint density at radius 3 is 2.65 bits per heavy atom. The molecule has 0 spiro atoms. The Morgan fingerprint density at radius 1 is 1.41 bits per heavy atom. The minimum atomic E-state index is -0.176. The largest absolute Gasteiger partial charge is 0.431 e. The van der Waals surface area contributed by atoms with Gasteiger partial charge < -0.3 is 9.73 Å². The highest BCUT2D eigenvalue weighted by Crippen LogP contribution is 2.27.